The van der Waals surface area contributed by atoms with E-state index in [0.717, 1.165) is 4.47 Å². The number of carbonyl (C=O) groups is 3. The maximum Gasteiger partial charge on any atom is 0.319 e. The third-order valence-electron chi connectivity index (χ3n) is 2.74. The lowest BCUT2D eigenvalue weighted by Gasteiger charge is -2.17. The molecule has 1 unspecified atom stereocenters. The Morgan fingerprint density at radius 3 is 2.41 bits per heavy atom. The average Bonchev–Trinajstić information content (AvgIpc) is 2.46. The van der Waals surface area contributed by atoms with Crippen LogP contribution in [0.4, 0.5) is 10.5 Å². The van der Waals surface area contributed by atoms with Crippen LogP contribution in [0.3, 0.4) is 0 Å². The zero-order chi connectivity index (χ0) is 16.5. The number of primary amides is 1. The second-order valence-corrected chi connectivity index (χ2v) is 5.55. The van der Waals surface area contributed by atoms with Crippen LogP contribution >= 0.6 is 15.9 Å². The molecule has 0 fully saturated rings. The molecule has 0 bridgehead atoms. The van der Waals surface area contributed by atoms with Gasteiger partial charge in [0.15, 0.2) is 0 Å². The minimum absolute atomic E-state index is 0.255. The molecule has 0 aliphatic heterocycles. The quantitative estimate of drug-likeness (QED) is 0.580. The topological polar surface area (TPSA) is 113 Å². The van der Waals surface area contributed by atoms with Gasteiger partial charge in [0.25, 0.3) is 0 Å². The van der Waals surface area contributed by atoms with Gasteiger partial charge in [-0.05, 0) is 30.7 Å². The van der Waals surface area contributed by atoms with Crippen molar-refractivity contribution in [2.24, 2.45) is 5.73 Å². The van der Waals surface area contributed by atoms with Crippen LogP contribution in [-0.2, 0) is 9.59 Å². The van der Waals surface area contributed by atoms with E-state index in [2.05, 4.69) is 31.9 Å². The normalized spacial score (nSPS) is 11.4. The number of carbonyl (C=O) groups excluding carboxylic acids is 3. The van der Waals surface area contributed by atoms with Crippen LogP contribution < -0.4 is 21.7 Å². The number of halogens is 1. The molecule has 22 heavy (non-hydrogen) atoms. The van der Waals surface area contributed by atoms with Gasteiger partial charge in [0.05, 0.1) is 6.54 Å². The van der Waals surface area contributed by atoms with Crippen LogP contribution in [0.5, 0.6) is 0 Å². The van der Waals surface area contributed by atoms with Gasteiger partial charge in [-0.1, -0.05) is 29.3 Å². The van der Waals surface area contributed by atoms with Crippen LogP contribution in [0.15, 0.2) is 28.7 Å². The standard InChI is InChI=1S/C14H19BrN4O3/c1-2-3-11(13(21)17-8-12(16)20)19-14(22)18-10-6-4-9(15)5-7-10/h4-7,11H,2-3,8H2,1H3,(H2,16,20)(H,17,21)(H2,18,19,22). The molecule has 0 saturated carbocycles. The van der Waals surface area contributed by atoms with E-state index < -0.39 is 23.9 Å². The monoisotopic (exact) mass is 370 g/mol. The van der Waals surface area contributed by atoms with Crippen molar-refractivity contribution in [1.82, 2.24) is 10.6 Å². The summed E-state index contributed by atoms with van der Waals surface area (Å²) in [6.07, 6.45) is 1.16. The van der Waals surface area contributed by atoms with Gasteiger partial charge >= 0.3 is 6.03 Å². The fraction of sp³-hybridized carbons (Fsp3) is 0.357. The number of benzene rings is 1. The second kappa shape index (κ2) is 9.04. The van der Waals surface area contributed by atoms with Crippen molar-refractivity contribution in [1.29, 1.82) is 0 Å². The highest BCUT2D eigenvalue weighted by Gasteiger charge is 2.20. The second-order valence-electron chi connectivity index (χ2n) is 4.63. The summed E-state index contributed by atoms with van der Waals surface area (Å²) in [6, 6.07) is 5.82. The van der Waals surface area contributed by atoms with Crippen LogP contribution in [0.1, 0.15) is 19.8 Å². The summed E-state index contributed by atoms with van der Waals surface area (Å²) in [7, 11) is 0. The van der Waals surface area contributed by atoms with Crippen LogP contribution in [-0.4, -0.2) is 30.4 Å². The Morgan fingerprint density at radius 2 is 1.86 bits per heavy atom. The van der Waals surface area contributed by atoms with Crippen molar-refractivity contribution in [2.45, 2.75) is 25.8 Å². The molecule has 120 valence electrons. The van der Waals surface area contributed by atoms with E-state index in [0.29, 0.717) is 18.5 Å². The molecule has 0 spiro atoms. The highest BCUT2D eigenvalue weighted by molar-refractivity contribution is 9.10. The fourth-order valence-corrected chi connectivity index (χ4v) is 1.98. The van der Waals surface area contributed by atoms with E-state index in [1.165, 1.54) is 0 Å². The number of hydrogen-bond donors (Lipinski definition) is 4. The Labute approximate surface area is 137 Å². The Hall–Kier alpha value is -2.09. The van der Waals surface area contributed by atoms with E-state index in [1.54, 1.807) is 24.3 Å². The first-order valence-corrected chi connectivity index (χ1v) is 7.60. The molecule has 1 atom stereocenters. The minimum Gasteiger partial charge on any atom is -0.368 e. The fourth-order valence-electron chi connectivity index (χ4n) is 1.71. The number of nitrogens with two attached hydrogens (primary N) is 1. The molecule has 8 heteroatoms. The summed E-state index contributed by atoms with van der Waals surface area (Å²) in [5, 5.41) is 7.60. The van der Waals surface area contributed by atoms with Crippen molar-refractivity contribution in [3.8, 4) is 0 Å². The number of nitrogens with one attached hydrogen (secondary N) is 3. The molecule has 0 aromatic heterocycles. The Balaban J connectivity index is 2.57. The van der Waals surface area contributed by atoms with Gasteiger partial charge in [0.1, 0.15) is 6.04 Å². The number of amides is 4. The van der Waals surface area contributed by atoms with E-state index in [9.17, 15) is 14.4 Å². The number of hydrogen-bond acceptors (Lipinski definition) is 3. The van der Waals surface area contributed by atoms with E-state index in [1.807, 2.05) is 6.92 Å². The molecule has 0 aliphatic rings. The molecule has 4 amide bonds. The SMILES string of the molecule is CCCC(NC(=O)Nc1ccc(Br)cc1)C(=O)NCC(N)=O. The van der Waals surface area contributed by atoms with E-state index >= 15 is 0 Å². The Kier molecular flexibility index (Phi) is 7.38. The molecular formula is C14H19BrN4O3. The van der Waals surface area contributed by atoms with Gasteiger partial charge in [-0.25, -0.2) is 4.79 Å². The van der Waals surface area contributed by atoms with Crippen LogP contribution in [0, 0.1) is 0 Å². The first-order chi connectivity index (χ1) is 10.4. The molecule has 1 aromatic rings. The number of urea groups is 1. The van der Waals surface area contributed by atoms with Gasteiger partial charge in [-0.2, -0.15) is 0 Å². The zero-order valence-corrected chi connectivity index (χ0v) is 13.8. The number of rotatable bonds is 7. The number of anilines is 1. The lowest BCUT2D eigenvalue weighted by molar-refractivity contribution is -0.126. The van der Waals surface area contributed by atoms with Gasteiger partial charge in [0.2, 0.25) is 11.8 Å². The van der Waals surface area contributed by atoms with E-state index in [-0.39, 0.29) is 6.54 Å². The van der Waals surface area contributed by atoms with Gasteiger partial charge in [-0.15, -0.1) is 0 Å². The summed E-state index contributed by atoms with van der Waals surface area (Å²) in [4.78, 5) is 34.5. The van der Waals surface area contributed by atoms with Crippen LogP contribution in [0.2, 0.25) is 0 Å². The van der Waals surface area contributed by atoms with Crippen molar-refractivity contribution in [2.75, 3.05) is 11.9 Å². The molecule has 1 aromatic carbocycles. The van der Waals surface area contributed by atoms with Crippen molar-refractivity contribution >= 4 is 39.5 Å². The third kappa shape index (κ3) is 6.57. The smallest absolute Gasteiger partial charge is 0.319 e. The summed E-state index contributed by atoms with van der Waals surface area (Å²) < 4.78 is 0.896. The Morgan fingerprint density at radius 1 is 1.23 bits per heavy atom. The average molecular weight is 371 g/mol. The molecule has 0 heterocycles. The predicted molar refractivity (Wildman–Crippen MR) is 87.2 cm³/mol. The van der Waals surface area contributed by atoms with Gasteiger partial charge in [-0.3, -0.25) is 9.59 Å². The highest BCUT2D eigenvalue weighted by Crippen LogP contribution is 2.14. The molecular weight excluding hydrogens is 352 g/mol. The largest absolute Gasteiger partial charge is 0.368 e. The predicted octanol–water partition coefficient (Wildman–Crippen LogP) is 1.34. The van der Waals surface area contributed by atoms with Gasteiger partial charge < -0.3 is 21.7 Å². The molecule has 0 saturated heterocycles. The molecule has 5 N–H and O–H groups in total. The molecule has 0 aliphatic carbocycles. The first-order valence-electron chi connectivity index (χ1n) is 6.81. The first kappa shape index (κ1) is 18.0. The molecule has 1 rings (SSSR count). The maximum absolute atomic E-state index is 11.9. The van der Waals surface area contributed by atoms with Crippen molar-refractivity contribution in [3.05, 3.63) is 28.7 Å². The van der Waals surface area contributed by atoms with Gasteiger partial charge in [0, 0.05) is 10.2 Å². The molecule has 7 nitrogen and oxygen atoms in total. The molecule has 0 radical (unpaired) electrons. The minimum atomic E-state index is -0.722. The van der Waals surface area contributed by atoms with E-state index in [4.69, 9.17) is 5.73 Å². The highest BCUT2D eigenvalue weighted by atomic mass is 79.9. The van der Waals surface area contributed by atoms with Crippen molar-refractivity contribution < 1.29 is 14.4 Å². The lowest BCUT2D eigenvalue weighted by Crippen LogP contribution is -2.49. The summed E-state index contributed by atoms with van der Waals surface area (Å²) in [6.45, 7) is 1.64. The third-order valence-corrected chi connectivity index (χ3v) is 3.27. The summed E-state index contributed by atoms with van der Waals surface area (Å²) in [5.41, 5.74) is 5.58. The zero-order valence-electron chi connectivity index (χ0n) is 12.2. The van der Waals surface area contributed by atoms with Crippen LogP contribution in [0.25, 0.3) is 0 Å². The summed E-state index contributed by atoms with van der Waals surface area (Å²) >= 11 is 3.30. The summed E-state index contributed by atoms with van der Waals surface area (Å²) in [5.74, 6) is -1.07. The Bertz CT molecular complexity index is 533. The lowest BCUT2D eigenvalue weighted by atomic mass is 10.1. The maximum atomic E-state index is 11.9. The van der Waals surface area contributed by atoms with Crippen molar-refractivity contribution in [3.63, 3.8) is 0 Å².